The third-order valence-electron chi connectivity index (χ3n) is 3.01. The molecule has 0 spiro atoms. The van der Waals surface area contributed by atoms with Crippen LogP contribution in [-0.2, 0) is 16.1 Å². The number of hydrogen-bond donors (Lipinski definition) is 1. The molecule has 0 amide bonds. The van der Waals surface area contributed by atoms with Crippen molar-refractivity contribution in [2.75, 3.05) is 26.2 Å². The smallest absolute Gasteiger partial charge is 0.324 e. The van der Waals surface area contributed by atoms with Crippen LogP contribution in [0.4, 0.5) is 0 Å². The molecule has 0 bridgehead atoms. The average Bonchev–Trinajstić information content (AvgIpc) is 2.76. The number of nitrogens with zero attached hydrogens (tertiary/aromatic N) is 3. The van der Waals surface area contributed by atoms with E-state index in [2.05, 4.69) is 20.3 Å². The zero-order chi connectivity index (χ0) is 13.0. The molecular formula is C11H18N4O3. The fourth-order valence-electron chi connectivity index (χ4n) is 1.99. The van der Waals surface area contributed by atoms with Crippen molar-refractivity contribution >= 4 is 5.97 Å². The van der Waals surface area contributed by atoms with Gasteiger partial charge in [0.15, 0.2) is 0 Å². The summed E-state index contributed by atoms with van der Waals surface area (Å²) in [4.78, 5) is 13.9. The number of carbonyl (C=O) groups is 1. The summed E-state index contributed by atoms with van der Waals surface area (Å²) in [6.07, 6.45) is 0. The number of rotatable bonds is 4. The Bertz CT molecular complexity index is 407. The molecular weight excluding hydrogens is 236 g/mol. The number of aryl methyl sites for hydroxylation is 1. The van der Waals surface area contributed by atoms with Gasteiger partial charge in [0.2, 0.25) is 0 Å². The average molecular weight is 254 g/mol. The summed E-state index contributed by atoms with van der Waals surface area (Å²) >= 11 is 0. The molecule has 2 heterocycles. The molecule has 1 unspecified atom stereocenters. The number of aromatic nitrogens is 2. The number of nitrogens with one attached hydrogen (secondary N) is 1. The van der Waals surface area contributed by atoms with Gasteiger partial charge < -0.3 is 10.1 Å². The maximum absolute atomic E-state index is 11.9. The molecule has 18 heavy (non-hydrogen) atoms. The fourth-order valence-corrected chi connectivity index (χ4v) is 1.99. The molecule has 1 aromatic rings. The molecule has 100 valence electrons. The Morgan fingerprint density at radius 3 is 3.11 bits per heavy atom. The van der Waals surface area contributed by atoms with E-state index in [0.717, 1.165) is 24.5 Å². The lowest BCUT2D eigenvalue weighted by molar-refractivity contribution is -0.150. The van der Waals surface area contributed by atoms with Crippen LogP contribution >= 0.6 is 0 Å². The standard InChI is InChI=1S/C11H18N4O3/c1-3-17-11(16)10-6-12-4-5-15(10)7-9-8(2)13-18-14-9/h10,12H,3-7H2,1-2H3. The number of esters is 1. The van der Waals surface area contributed by atoms with Gasteiger partial charge in [0.25, 0.3) is 0 Å². The molecule has 1 fully saturated rings. The summed E-state index contributed by atoms with van der Waals surface area (Å²) in [5, 5.41) is 10.8. The Hall–Kier alpha value is -1.47. The highest BCUT2D eigenvalue weighted by Crippen LogP contribution is 2.12. The van der Waals surface area contributed by atoms with Gasteiger partial charge in [0, 0.05) is 26.2 Å². The van der Waals surface area contributed by atoms with E-state index in [9.17, 15) is 4.79 Å². The van der Waals surface area contributed by atoms with Crippen LogP contribution in [0.1, 0.15) is 18.3 Å². The Balaban J connectivity index is 2.04. The molecule has 7 nitrogen and oxygen atoms in total. The number of hydrogen-bond acceptors (Lipinski definition) is 7. The largest absolute Gasteiger partial charge is 0.465 e. The third kappa shape index (κ3) is 2.85. The van der Waals surface area contributed by atoms with E-state index >= 15 is 0 Å². The monoisotopic (exact) mass is 254 g/mol. The van der Waals surface area contributed by atoms with Gasteiger partial charge in [-0.05, 0) is 13.8 Å². The van der Waals surface area contributed by atoms with Crippen molar-refractivity contribution in [2.45, 2.75) is 26.4 Å². The molecule has 7 heteroatoms. The SMILES string of the molecule is CCOC(=O)C1CNCCN1Cc1nonc1C. The highest BCUT2D eigenvalue weighted by molar-refractivity contribution is 5.76. The molecule has 1 saturated heterocycles. The van der Waals surface area contributed by atoms with Gasteiger partial charge in [-0.3, -0.25) is 9.69 Å². The summed E-state index contributed by atoms with van der Waals surface area (Å²) in [6.45, 7) is 6.82. The van der Waals surface area contributed by atoms with Crippen LogP contribution in [0.5, 0.6) is 0 Å². The maximum atomic E-state index is 11.9. The van der Waals surface area contributed by atoms with Crippen molar-refractivity contribution in [1.82, 2.24) is 20.5 Å². The molecule has 0 radical (unpaired) electrons. The lowest BCUT2D eigenvalue weighted by atomic mass is 10.1. The molecule has 1 aliphatic rings. The van der Waals surface area contributed by atoms with E-state index in [1.165, 1.54) is 0 Å². The van der Waals surface area contributed by atoms with Crippen molar-refractivity contribution in [1.29, 1.82) is 0 Å². The number of ether oxygens (including phenoxy) is 1. The second-order valence-corrected chi connectivity index (χ2v) is 4.24. The molecule has 1 aromatic heterocycles. The van der Waals surface area contributed by atoms with E-state index in [1.54, 1.807) is 0 Å². The first-order chi connectivity index (χ1) is 8.72. The van der Waals surface area contributed by atoms with Crippen molar-refractivity contribution in [3.8, 4) is 0 Å². The first kappa shape index (κ1) is 13.0. The molecule has 1 N–H and O–H groups in total. The quantitative estimate of drug-likeness (QED) is 0.740. The molecule has 1 aliphatic heterocycles. The van der Waals surface area contributed by atoms with Gasteiger partial charge >= 0.3 is 5.97 Å². The van der Waals surface area contributed by atoms with Crippen LogP contribution in [0.3, 0.4) is 0 Å². The minimum absolute atomic E-state index is 0.196. The van der Waals surface area contributed by atoms with Crippen LogP contribution in [0, 0.1) is 6.92 Å². The van der Waals surface area contributed by atoms with Crippen LogP contribution in [0.2, 0.25) is 0 Å². The zero-order valence-corrected chi connectivity index (χ0v) is 10.7. The van der Waals surface area contributed by atoms with Gasteiger partial charge in [-0.1, -0.05) is 10.3 Å². The summed E-state index contributed by atoms with van der Waals surface area (Å²) in [7, 11) is 0. The van der Waals surface area contributed by atoms with E-state index < -0.39 is 0 Å². The number of carbonyl (C=O) groups excluding carboxylic acids is 1. The van der Waals surface area contributed by atoms with Crippen LogP contribution in [-0.4, -0.2) is 53.5 Å². The molecule has 0 aromatic carbocycles. The normalized spacial score (nSPS) is 20.9. The molecule has 0 saturated carbocycles. The van der Waals surface area contributed by atoms with Gasteiger partial charge in [-0.15, -0.1) is 0 Å². The molecule has 0 aliphatic carbocycles. The van der Waals surface area contributed by atoms with Crippen molar-refractivity contribution < 1.29 is 14.2 Å². The Morgan fingerprint density at radius 1 is 1.61 bits per heavy atom. The summed E-state index contributed by atoms with van der Waals surface area (Å²) in [6, 6.07) is -0.269. The van der Waals surface area contributed by atoms with Gasteiger partial charge in [0.05, 0.1) is 6.61 Å². The van der Waals surface area contributed by atoms with E-state index in [4.69, 9.17) is 4.74 Å². The van der Waals surface area contributed by atoms with Crippen molar-refractivity contribution in [3.63, 3.8) is 0 Å². The van der Waals surface area contributed by atoms with Crippen molar-refractivity contribution in [3.05, 3.63) is 11.4 Å². The lowest BCUT2D eigenvalue weighted by Crippen LogP contribution is -2.55. The van der Waals surface area contributed by atoms with Crippen LogP contribution in [0.15, 0.2) is 4.63 Å². The van der Waals surface area contributed by atoms with E-state index in [1.807, 2.05) is 18.7 Å². The summed E-state index contributed by atoms with van der Waals surface area (Å²) < 4.78 is 9.75. The van der Waals surface area contributed by atoms with Gasteiger partial charge in [0.1, 0.15) is 17.4 Å². The second-order valence-electron chi connectivity index (χ2n) is 4.24. The Kier molecular flexibility index (Phi) is 4.27. The van der Waals surface area contributed by atoms with Gasteiger partial charge in [-0.2, -0.15) is 0 Å². The predicted molar refractivity (Wildman–Crippen MR) is 62.7 cm³/mol. The first-order valence-corrected chi connectivity index (χ1v) is 6.11. The molecule has 2 rings (SSSR count). The zero-order valence-electron chi connectivity index (χ0n) is 10.7. The first-order valence-electron chi connectivity index (χ1n) is 6.11. The molecule has 1 atom stereocenters. The third-order valence-corrected chi connectivity index (χ3v) is 3.01. The van der Waals surface area contributed by atoms with E-state index in [0.29, 0.717) is 19.7 Å². The van der Waals surface area contributed by atoms with E-state index in [-0.39, 0.29) is 12.0 Å². The summed E-state index contributed by atoms with van der Waals surface area (Å²) in [5.41, 5.74) is 1.53. The predicted octanol–water partition coefficient (Wildman–Crippen LogP) is -0.285. The van der Waals surface area contributed by atoms with Crippen LogP contribution < -0.4 is 5.32 Å². The second kappa shape index (κ2) is 5.92. The topological polar surface area (TPSA) is 80.5 Å². The highest BCUT2D eigenvalue weighted by Gasteiger charge is 2.30. The highest BCUT2D eigenvalue weighted by atomic mass is 16.6. The Morgan fingerprint density at radius 2 is 2.44 bits per heavy atom. The lowest BCUT2D eigenvalue weighted by Gasteiger charge is -2.33. The minimum Gasteiger partial charge on any atom is -0.465 e. The number of piperazine rings is 1. The Labute approximate surface area is 105 Å². The van der Waals surface area contributed by atoms with Crippen LogP contribution in [0.25, 0.3) is 0 Å². The summed E-state index contributed by atoms with van der Waals surface area (Å²) in [5.74, 6) is -0.196. The minimum atomic E-state index is -0.269. The fraction of sp³-hybridized carbons (Fsp3) is 0.727. The van der Waals surface area contributed by atoms with Crippen molar-refractivity contribution in [2.24, 2.45) is 0 Å². The maximum Gasteiger partial charge on any atom is 0.324 e. The van der Waals surface area contributed by atoms with Gasteiger partial charge in [-0.25, -0.2) is 4.63 Å².